The van der Waals surface area contributed by atoms with Gasteiger partial charge in [-0.15, -0.1) is 0 Å². The van der Waals surface area contributed by atoms with Crippen molar-refractivity contribution in [1.82, 2.24) is 20.5 Å². The van der Waals surface area contributed by atoms with Gasteiger partial charge in [0.25, 0.3) is 0 Å². The van der Waals surface area contributed by atoms with Gasteiger partial charge in [-0.05, 0) is 42.5 Å². The SMILES string of the molecule is COc1ccc(-c2n[nH]c(CNC(=O)C3CC(=O)N(c4cccc(Cl)c4)C3)n2)cc1. The molecule has 1 saturated heterocycles. The van der Waals surface area contributed by atoms with E-state index in [4.69, 9.17) is 16.3 Å². The van der Waals surface area contributed by atoms with Crippen molar-refractivity contribution in [2.45, 2.75) is 13.0 Å². The van der Waals surface area contributed by atoms with E-state index in [0.717, 1.165) is 11.3 Å². The van der Waals surface area contributed by atoms with Crippen molar-refractivity contribution >= 4 is 29.1 Å². The second-order valence-electron chi connectivity index (χ2n) is 6.94. The van der Waals surface area contributed by atoms with E-state index in [0.29, 0.717) is 28.9 Å². The number of hydrogen-bond acceptors (Lipinski definition) is 5. The normalized spacial score (nSPS) is 16.0. The molecule has 30 heavy (non-hydrogen) atoms. The highest BCUT2D eigenvalue weighted by molar-refractivity contribution is 6.31. The van der Waals surface area contributed by atoms with Crippen molar-refractivity contribution in [3.8, 4) is 17.1 Å². The van der Waals surface area contributed by atoms with Crippen LogP contribution in [0, 0.1) is 5.92 Å². The van der Waals surface area contributed by atoms with Gasteiger partial charge in [-0.1, -0.05) is 17.7 Å². The second kappa shape index (κ2) is 8.54. The van der Waals surface area contributed by atoms with Gasteiger partial charge < -0.3 is 15.0 Å². The molecule has 4 rings (SSSR count). The number of halogens is 1. The van der Waals surface area contributed by atoms with Crippen LogP contribution < -0.4 is 15.0 Å². The van der Waals surface area contributed by atoms with Crippen molar-refractivity contribution in [3.63, 3.8) is 0 Å². The summed E-state index contributed by atoms with van der Waals surface area (Å²) in [7, 11) is 1.61. The number of ether oxygens (including phenoxy) is 1. The molecule has 1 fully saturated rings. The first kappa shape index (κ1) is 19.9. The van der Waals surface area contributed by atoms with E-state index in [1.54, 1.807) is 36.3 Å². The third-order valence-electron chi connectivity index (χ3n) is 4.93. The number of rotatable bonds is 6. The number of nitrogens with zero attached hydrogens (tertiary/aromatic N) is 3. The number of benzene rings is 2. The van der Waals surface area contributed by atoms with Crippen LogP contribution in [0.25, 0.3) is 11.4 Å². The summed E-state index contributed by atoms with van der Waals surface area (Å²) in [5.74, 6) is 1.09. The third-order valence-corrected chi connectivity index (χ3v) is 5.16. The van der Waals surface area contributed by atoms with Gasteiger partial charge in [0.05, 0.1) is 19.6 Å². The third kappa shape index (κ3) is 4.28. The molecular formula is C21H20ClN5O3. The summed E-state index contributed by atoms with van der Waals surface area (Å²) in [5.41, 5.74) is 1.53. The van der Waals surface area contributed by atoms with E-state index in [-0.39, 0.29) is 24.8 Å². The summed E-state index contributed by atoms with van der Waals surface area (Å²) in [6, 6.07) is 14.4. The minimum absolute atomic E-state index is 0.0983. The molecule has 9 heteroatoms. The molecule has 2 aromatic carbocycles. The first-order chi connectivity index (χ1) is 14.5. The Morgan fingerprint density at radius 2 is 2.10 bits per heavy atom. The maximum absolute atomic E-state index is 12.6. The number of aromatic nitrogens is 3. The Labute approximate surface area is 178 Å². The number of H-pyrrole nitrogens is 1. The zero-order valence-electron chi connectivity index (χ0n) is 16.3. The molecule has 0 radical (unpaired) electrons. The molecule has 1 aromatic heterocycles. The minimum Gasteiger partial charge on any atom is -0.497 e. The predicted molar refractivity (Wildman–Crippen MR) is 112 cm³/mol. The number of anilines is 1. The van der Waals surface area contributed by atoms with E-state index < -0.39 is 5.92 Å². The average Bonchev–Trinajstić information content (AvgIpc) is 3.39. The summed E-state index contributed by atoms with van der Waals surface area (Å²) in [6.45, 7) is 0.516. The van der Waals surface area contributed by atoms with Crippen molar-refractivity contribution in [2.75, 3.05) is 18.6 Å². The van der Waals surface area contributed by atoms with Gasteiger partial charge in [-0.25, -0.2) is 4.98 Å². The number of aromatic amines is 1. The molecule has 0 saturated carbocycles. The van der Waals surface area contributed by atoms with E-state index in [1.165, 1.54) is 0 Å². The average molecular weight is 426 g/mol. The van der Waals surface area contributed by atoms with Crippen LogP contribution in [-0.2, 0) is 16.1 Å². The fourth-order valence-corrected chi connectivity index (χ4v) is 3.52. The first-order valence-electron chi connectivity index (χ1n) is 9.43. The summed E-state index contributed by atoms with van der Waals surface area (Å²) in [5, 5.41) is 10.4. The second-order valence-corrected chi connectivity index (χ2v) is 7.37. The molecular weight excluding hydrogens is 406 g/mol. The summed E-state index contributed by atoms with van der Waals surface area (Å²) in [4.78, 5) is 30.9. The molecule has 3 aromatic rings. The zero-order valence-corrected chi connectivity index (χ0v) is 17.0. The lowest BCUT2D eigenvalue weighted by atomic mass is 10.1. The lowest BCUT2D eigenvalue weighted by Gasteiger charge is -2.16. The molecule has 0 bridgehead atoms. The number of methoxy groups -OCH3 is 1. The highest BCUT2D eigenvalue weighted by Crippen LogP contribution is 2.27. The smallest absolute Gasteiger partial charge is 0.227 e. The van der Waals surface area contributed by atoms with Crippen molar-refractivity contribution < 1.29 is 14.3 Å². The van der Waals surface area contributed by atoms with Crippen LogP contribution in [0.1, 0.15) is 12.2 Å². The van der Waals surface area contributed by atoms with E-state index >= 15 is 0 Å². The largest absolute Gasteiger partial charge is 0.497 e. The van der Waals surface area contributed by atoms with Gasteiger partial charge in [0.1, 0.15) is 11.6 Å². The Balaban J connectivity index is 1.35. The highest BCUT2D eigenvalue weighted by Gasteiger charge is 2.35. The molecule has 8 nitrogen and oxygen atoms in total. The van der Waals surface area contributed by atoms with E-state index in [1.807, 2.05) is 24.3 Å². The molecule has 1 aliphatic heterocycles. The number of nitrogens with one attached hydrogen (secondary N) is 2. The molecule has 1 atom stereocenters. The quantitative estimate of drug-likeness (QED) is 0.632. The Kier molecular flexibility index (Phi) is 5.67. The van der Waals surface area contributed by atoms with Crippen LogP contribution in [0.2, 0.25) is 5.02 Å². The Hall–Kier alpha value is -3.39. The molecule has 1 aliphatic rings. The van der Waals surface area contributed by atoms with Crippen LogP contribution in [0.15, 0.2) is 48.5 Å². The fraction of sp³-hybridized carbons (Fsp3) is 0.238. The van der Waals surface area contributed by atoms with Crippen molar-refractivity contribution in [1.29, 1.82) is 0 Å². The van der Waals surface area contributed by atoms with Gasteiger partial charge in [-0.3, -0.25) is 14.7 Å². The number of carbonyl (C=O) groups excluding carboxylic acids is 2. The highest BCUT2D eigenvalue weighted by atomic mass is 35.5. The van der Waals surface area contributed by atoms with Gasteiger partial charge in [0, 0.05) is 29.2 Å². The Bertz CT molecular complexity index is 1070. The molecule has 0 aliphatic carbocycles. The number of amides is 2. The van der Waals surface area contributed by atoms with Crippen LogP contribution in [0.3, 0.4) is 0 Å². The van der Waals surface area contributed by atoms with Gasteiger partial charge in [0.15, 0.2) is 5.82 Å². The fourth-order valence-electron chi connectivity index (χ4n) is 3.34. The molecule has 2 heterocycles. The Morgan fingerprint density at radius 3 is 2.83 bits per heavy atom. The molecule has 0 spiro atoms. The maximum atomic E-state index is 12.6. The standard InChI is InChI=1S/C21H20ClN5O3/c1-30-17-7-5-13(6-8-17)20-24-18(25-26-20)11-23-21(29)14-9-19(28)27(12-14)16-4-2-3-15(22)10-16/h2-8,10,14H,9,11-12H2,1H3,(H,23,29)(H,24,25,26). The summed E-state index contributed by atoms with van der Waals surface area (Å²) in [6.07, 6.45) is 0.159. The molecule has 1 unspecified atom stereocenters. The van der Waals surface area contributed by atoms with Gasteiger partial charge in [0.2, 0.25) is 11.8 Å². The van der Waals surface area contributed by atoms with Crippen LogP contribution in [0.4, 0.5) is 5.69 Å². The van der Waals surface area contributed by atoms with E-state index in [2.05, 4.69) is 20.5 Å². The topological polar surface area (TPSA) is 100 Å². The van der Waals surface area contributed by atoms with Crippen LogP contribution in [-0.4, -0.2) is 40.7 Å². The maximum Gasteiger partial charge on any atom is 0.227 e. The van der Waals surface area contributed by atoms with Crippen molar-refractivity contribution in [2.24, 2.45) is 5.92 Å². The summed E-state index contributed by atoms with van der Waals surface area (Å²) >= 11 is 6.01. The lowest BCUT2D eigenvalue weighted by molar-refractivity contribution is -0.126. The van der Waals surface area contributed by atoms with Gasteiger partial charge in [-0.2, -0.15) is 5.10 Å². The van der Waals surface area contributed by atoms with E-state index in [9.17, 15) is 9.59 Å². The Morgan fingerprint density at radius 1 is 1.30 bits per heavy atom. The zero-order chi connectivity index (χ0) is 21.1. The predicted octanol–water partition coefficient (Wildman–Crippen LogP) is 2.80. The number of hydrogen-bond donors (Lipinski definition) is 2. The van der Waals surface area contributed by atoms with Crippen LogP contribution >= 0.6 is 11.6 Å². The first-order valence-corrected chi connectivity index (χ1v) is 9.80. The van der Waals surface area contributed by atoms with Gasteiger partial charge >= 0.3 is 0 Å². The van der Waals surface area contributed by atoms with Crippen molar-refractivity contribution in [3.05, 3.63) is 59.4 Å². The van der Waals surface area contributed by atoms with Crippen LogP contribution in [0.5, 0.6) is 5.75 Å². The minimum atomic E-state index is -0.430. The summed E-state index contributed by atoms with van der Waals surface area (Å²) < 4.78 is 5.14. The number of carbonyl (C=O) groups is 2. The monoisotopic (exact) mass is 425 g/mol. The molecule has 2 N–H and O–H groups in total. The molecule has 154 valence electrons. The molecule has 2 amide bonds. The lowest BCUT2D eigenvalue weighted by Crippen LogP contribution is -2.32.